The molecular weight excluding hydrogens is 195 g/mol. The van der Waals surface area contributed by atoms with Crippen LogP contribution in [-0.2, 0) is 10.2 Å². The topological polar surface area (TPSA) is 29.5 Å². The minimum Gasteiger partial charge on any atom is -0.396 e. The Morgan fingerprint density at radius 2 is 1.93 bits per heavy atom. The molecule has 1 saturated heterocycles. The SMILES string of the molecule is OCCCC1(c2ccc(F)cc2)COC1. The van der Waals surface area contributed by atoms with Crippen LogP contribution in [0.15, 0.2) is 24.3 Å². The zero-order chi connectivity index (χ0) is 10.7. The lowest BCUT2D eigenvalue weighted by Gasteiger charge is -2.42. The van der Waals surface area contributed by atoms with Crippen LogP contribution >= 0.6 is 0 Å². The summed E-state index contributed by atoms with van der Waals surface area (Å²) in [4.78, 5) is 0. The van der Waals surface area contributed by atoms with E-state index >= 15 is 0 Å². The molecule has 1 aromatic rings. The van der Waals surface area contributed by atoms with Crippen LogP contribution in [0.1, 0.15) is 18.4 Å². The van der Waals surface area contributed by atoms with E-state index in [1.54, 1.807) is 0 Å². The number of hydrogen-bond donors (Lipinski definition) is 1. The van der Waals surface area contributed by atoms with E-state index in [9.17, 15) is 4.39 Å². The molecule has 0 saturated carbocycles. The standard InChI is InChI=1S/C12H15FO2/c13-11-4-2-10(3-5-11)12(6-1-7-14)8-15-9-12/h2-5,14H,1,6-9H2. The normalized spacial score (nSPS) is 18.5. The van der Waals surface area contributed by atoms with Crippen molar-refractivity contribution in [2.24, 2.45) is 0 Å². The molecule has 1 fully saturated rings. The molecule has 2 nitrogen and oxygen atoms in total. The lowest BCUT2D eigenvalue weighted by Crippen LogP contribution is -2.46. The Kier molecular flexibility index (Phi) is 3.03. The number of aliphatic hydroxyl groups is 1. The Balaban J connectivity index is 2.14. The highest BCUT2D eigenvalue weighted by Gasteiger charge is 2.39. The maximum Gasteiger partial charge on any atom is 0.123 e. The second-order valence-corrected chi connectivity index (χ2v) is 4.11. The van der Waals surface area contributed by atoms with E-state index in [-0.39, 0.29) is 17.8 Å². The lowest BCUT2D eigenvalue weighted by atomic mass is 9.75. The fraction of sp³-hybridized carbons (Fsp3) is 0.500. The van der Waals surface area contributed by atoms with E-state index in [1.807, 2.05) is 12.1 Å². The monoisotopic (exact) mass is 210 g/mol. The summed E-state index contributed by atoms with van der Waals surface area (Å²) in [6.45, 7) is 1.56. The Labute approximate surface area is 88.7 Å². The molecule has 0 aliphatic carbocycles. The molecule has 1 aliphatic heterocycles. The van der Waals surface area contributed by atoms with Gasteiger partial charge in [-0.2, -0.15) is 0 Å². The molecule has 1 aromatic carbocycles. The number of aliphatic hydroxyl groups excluding tert-OH is 1. The van der Waals surface area contributed by atoms with Crippen molar-refractivity contribution in [3.63, 3.8) is 0 Å². The van der Waals surface area contributed by atoms with Crippen LogP contribution in [-0.4, -0.2) is 24.9 Å². The molecule has 82 valence electrons. The summed E-state index contributed by atoms with van der Waals surface area (Å²) < 4.78 is 18.0. The van der Waals surface area contributed by atoms with E-state index in [0.29, 0.717) is 13.2 Å². The van der Waals surface area contributed by atoms with Gasteiger partial charge in [0.2, 0.25) is 0 Å². The summed E-state index contributed by atoms with van der Waals surface area (Å²) >= 11 is 0. The third kappa shape index (κ3) is 2.03. The Morgan fingerprint density at radius 1 is 1.27 bits per heavy atom. The molecule has 0 atom stereocenters. The van der Waals surface area contributed by atoms with Crippen molar-refractivity contribution in [3.05, 3.63) is 35.6 Å². The molecule has 1 aliphatic rings. The number of hydrogen-bond acceptors (Lipinski definition) is 2. The van der Waals surface area contributed by atoms with E-state index in [1.165, 1.54) is 12.1 Å². The van der Waals surface area contributed by atoms with Gasteiger partial charge in [-0.15, -0.1) is 0 Å². The summed E-state index contributed by atoms with van der Waals surface area (Å²) in [7, 11) is 0. The predicted molar refractivity (Wildman–Crippen MR) is 55.2 cm³/mol. The van der Waals surface area contributed by atoms with Gasteiger partial charge in [-0.25, -0.2) is 4.39 Å². The number of ether oxygens (including phenoxy) is 1. The second kappa shape index (κ2) is 4.29. The molecule has 0 aromatic heterocycles. The first-order chi connectivity index (χ1) is 7.27. The van der Waals surface area contributed by atoms with Crippen LogP contribution in [0.2, 0.25) is 0 Å². The zero-order valence-corrected chi connectivity index (χ0v) is 8.58. The van der Waals surface area contributed by atoms with Crippen LogP contribution in [0.3, 0.4) is 0 Å². The summed E-state index contributed by atoms with van der Waals surface area (Å²) in [5, 5.41) is 8.84. The second-order valence-electron chi connectivity index (χ2n) is 4.11. The summed E-state index contributed by atoms with van der Waals surface area (Å²) in [6.07, 6.45) is 1.66. The third-order valence-corrected chi connectivity index (χ3v) is 3.03. The van der Waals surface area contributed by atoms with Gasteiger partial charge in [0.05, 0.1) is 13.2 Å². The first kappa shape index (κ1) is 10.6. The van der Waals surface area contributed by atoms with E-state index in [0.717, 1.165) is 18.4 Å². The van der Waals surface area contributed by atoms with Crippen molar-refractivity contribution in [1.82, 2.24) is 0 Å². The maximum absolute atomic E-state index is 12.8. The molecule has 0 amide bonds. The van der Waals surface area contributed by atoms with Crippen molar-refractivity contribution in [2.45, 2.75) is 18.3 Å². The Hall–Kier alpha value is -0.930. The quantitative estimate of drug-likeness (QED) is 0.822. The van der Waals surface area contributed by atoms with Gasteiger partial charge in [0.1, 0.15) is 5.82 Å². The van der Waals surface area contributed by atoms with Gasteiger partial charge in [0.25, 0.3) is 0 Å². The number of halogens is 1. The van der Waals surface area contributed by atoms with Gasteiger partial charge in [0, 0.05) is 12.0 Å². The minimum atomic E-state index is -0.212. The highest BCUT2D eigenvalue weighted by Crippen LogP contribution is 2.36. The number of benzene rings is 1. The van der Waals surface area contributed by atoms with Gasteiger partial charge in [-0.3, -0.25) is 0 Å². The largest absolute Gasteiger partial charge is 0.396 e. The third-order valence-electron chi connectivity index (χ3n) is 3.03. The van der Waals surface area contributed by atoms with Gasteiger partial charge in [0.15, 0.2) is 0 Å². The average molecular weight is 210 g/mol. The highest BCUT2D eigenvalue weighted by atomic mass is 19.1. The van der Waals surface area contributed by atoms with Gasteiger partial charge in [-0.1, -0.05) is 12.1 Å². The fourth-order valence-corrected chi connectivity index (χ4v) is 2.02. The molecule has 15 heavy (non-hydrogen) atoms. The first-order valence-corrected chi connectivity index (χ1v) is 5.21. The molecule has 0 spiro atoms. The molecule has 2 rings (SSSR count). The molecule has 0 radical (unpaired) electrons. The maximum atomic E-state index is 12.8. The molecule has 0 unspecified atom stereocenters. The molecule has 0 bridgehead atoms. The summed E-state index contributed by atoms with van der Waals surface area (Å²) in [6, 6.07) is 6.59. The van der Waals surface area contributed by atoms with Crippen molar-refractivity contribution in [1.29, 1.82) is 0 Å². The van der Waals surface area contributed by atoms with Crippen molar-refractivity contribution >= 4 is 0 Å². The van der Waals surface area contributed by atoms with Crippen molar-refractivity contribution in [3.8, 4) is 0 Å². The van der Waals surface area contributed by atoms with Crippen LogP contribution in [0.5, 0.6) is 0 Å². The average Bonchev–Trinajstić information content (AvgIpc) is 2.19. The first-order valence-electron chi connectivity index (χ1n) is 5.21. The highest BCUT2D eigenvalue weighted by molar-refractivity contribution is 5.28. The van der Waals surface area contributed by atoms with Gasteiger partial charge in [-0.05, 0) is 30.5 Å². The van der Waals surface area contributed by atoms with Crippen LogP contribution in [0, 0.1) is 5.82 Å². The lowest BCUT2D eigenvalue weighted by molar-refractivity contribution is -0.0665. The predicted octanol–water partition coefficient (Wildman–Crippen LogP) is 1.87. The summed E-state index contributed by atoms with van der Waals surface area (Å²) in [5.41, 5.74) is 1.12. The molecule has 1 N–H and O–H groups in total. The van der Waals surface area contributed by atoms with Gasteiger partial charge >= 0.3 is 0 Å². The molecule has 3 heteroatoms. The van der Waals surface area contributed by atoms with Crippen LogP contribution in [0.4, 0.5) is 4.39 Å². The van der Waals surface area contributed by atoms with Crippen molar-refractivity contribution < 1.29 is 14.2 Å². The zero-order valence-electron chi connectivity index (χ0n) is 8.58. The Bertz CT molecular complexity index is 317. The minimum absolute atomic E-state index is 0.0103. The van der Waals surface area contributed by atoms with Crippen LogP contribution < -0.4 is 0 Å². The molecular formula is C12H15FO2. The fourth-order valence-electron chi connectivity index (χ4n) is 2.02. The van der Waals surface area contributed by atoms with E-state index in [4.69, 9.17) is 9.84 Å². The smallest absolute Gasteiger partial charge is 0.123 e. The van der Waals surface area contributed by atoms with Gasteiger partial charge < -0.3 is 9.84 Å². The molecule has 1 heterocycles. The summed E-state index contributed by atoms with van der Waals surface area (Å²) in [5.74, 6) is -0.212. The van der Waals surface area contributed by atoms with Crippen LogP contribution in [0.25, 0.3) is 0 Å². The Morgan fingerprint density at radius 3 is 2.40 bits per heavy atom. The van der Waals surface area contributed by atoms with E-state index in [2.05, 4.69) is 0 Å². The number of rotatable bonds is 4. The van der Waals surface area contributed by atoms with Crippen molar-refractivity contribution in [2.75, 3.05) is 19.8 Å². The van der Waals surface area contributed by atoms with E-state index < -0.39 is 0 Å².